The van der Waals surface area contributed by atoms with Gasteiger partial charge in [0.1, 0.15) is 5.82 Å². The van der Waals surface area contributed by atoms with Crippen LogP contribution in [0.25, 0.3) is 0 Å². The summed E-state index contributed by atoms with van der Waals surface area (Å²) < 4.78 is 13.1. The Kier molecular flexibility index (Phi) is 5.27. The van der Waals surface area contributed by atoms with E-state index in [2.05, 4.69) is 24.5 Å². The lowest BCUT2D eigenvalue weighted by Gasteiger charge is -2.28. The number of rotatable bonds is 4. The van der Waals surface area contributed by atoms with Crippen molar-refractivity contribution >= 4 is 11.7 Å². The van der Waals surface area contributed by atoms with Crippen molar-refractivity contribution in [3.63, 3.8) is 0 Å². The second-order valence-corrected chi connectivity index (χ2v) is 6.90. The van der Waals surface area contributed by atoms with Crippen LogP contribution in [0.5, 0.6) is 0 Å². The molecule has 0 fully saturated rings. The van der Waals surface area contributed by atoms with E-state index in [4.69, 9.17) is 0 Å². The number of benzene rings is 2. The summed E-state index contributed by atoms with van der Waals surface area (Å²) in [5.41, 5.74) is 3.20. The highest BCUT2D eigenvalue weighted by atomic mass is 19.1. The van der Waals surface area contributed by atoms with Crippen LogP contribution in [-0.4, -0.2) is 6.03 Å². The predicted octanol–water partition coefficient (Wildman–Crippen LogP) is 5.31. The molecule has 0 heterocycles. The number of nitrogens with one attached hydrogen (secondary N) is 2. The standard InChI is InChI=1S/C20H25FN2O/c1-13(2)17-8-6-7-14(3)18(17)22-19(24)23-20(4,5)15-9-11-16(21)12-10-15/h6-13H,1-5H3,(H2,22,23,24). The highest BCUT2D eigenvalue weighted by molar-refractivity contribution is 5.91. The summed E-state index contributed by atoms with van der Waals surface area (Å²) in [7, 11) is 0. The van der Waals surface area contributed by atoms with Crippen molar-refractivity contribution in [2.24, 2.45) is 0 Å². The van der Waals surface area contributed by atoms with E-state index in [1.807, 2.05) is 39.0 Å². The quantitative estimate of drug-likeness (QED) is 0.784. The Morgan fingerprint density at radius 1 is 1.08 bits per heavy atom. The summed E-state index contributed by atoms with van der Waals surface area (Å²) in [5.74, 6) is 0.0193. The van der Waals surface area contributed by atoms with Gasteiger partial charge in [-0.25, -0.2) is 9.18 Å². The van der Waals surface area contributed by atoms with Gasteiger partial charge in [-0.3, -0.25) is 0 Å². The number of amides is 2. The Bertz CT molecular complexity index is 721. The summed E-state index contributed by atoms with van der Waals surface area (Å²) >= 11 is 0. The van der Waals surface area contributed by atoms with Crippen molar-refractivity contribution < 1.29 is 9.18 Å². The van der Waals surface area contributed by atoms with Gasteiger partial charge >= 0.3 is 6.03 Å². The zero-order chi connectivity index (χ0) is 17.9. The summed E-state index contributed by atoms with van der Waals surface area (Å²) in [5, 5.41) is 5.93. The van der Waals surface area contributed by atoms with Gasteiger partial charge in [0.05, 0.1) is 5.54 Å². The Morgan fingerprint density at radius 3 is 2.29 bits per heavy atom. The van der Waals surface area contributed by atoms with Crippen molar-refractivity contribution in [2.45, 2.75) is 46.1 Å². The summed E-state index contributed by atoms with van der Waals surface area (Å²) in [6.07, 6.45) is 0. The molecule has 2 N–H and O–H groups in total. The van der Waals surface area contributed by atoms with Crippen molar-refractivity contribution in [1.29, 1.82) is 0 Å². The second kappa shape index (κ2) is 7.04. The molecule has 2 rings (SSSR count). The van der Waals surface area contributed by atoms with E-state index >= 15 is 0 Å². The first-order chi connectivity index (χ1) is 11.2. The van der Waals surface area contributed by atoms with Gasteiger partial charge in [0.25, 0.3) is 0 Å². The molecule has 0 aliphatic heterocycles. The van der Waals surface area contributed by atoms with E-state index < -0.39 is 5.54 Å². The van der Waals surface area contributed by atoms with Crippen LogP contribution in [0.2, 0.25) is 0 Å². The third kappa shape index (κ3) is 4.13. The summed E-state index contributed by atoms with van der Waals surface area (Å²) in [6, 6.07) is 11.9. The molecule has 0 aliphatic rings. The topological polar surface area (TPSA) is 41.1 Å². The number of urea groups is 1. The first-order valence-electron chi connectivity index (χ1n) is 8.15. The van der Waals surface area contributed by atoms with Gasteiger partial charge in [-0.05, 0) is 55.5 Å². The normalized spacial score (nSPS) is 11.5. The van der Waals surface area contributed by atoms with Crippen LogP contribution in [0.15, 0.2) is 42.5 Å². The zero-order valence-corrected chi connectivity index (χ0v) is 14.9. The van der Waals surface area contributed by atoms with Crippen molar-refractivity contribution in [3.05, 3.63) is 65.0 Å². The lowest BCUT2D eigenvalue weighted by atomic mass is 9.94. The number of halogens is 1. The minimum Gasteiger partial charge on any atom is -0.329 e. The number of para-hydroxylation sites is 1. The van der Waals surface area contributed by atoms with Gasteiger partial charge in [0, 0.05) is 5.69 Å². The number of hydrogen-bond donors (Lipinski definition) is 2. The lowest BCUT2D eigenvalue weighted by Crippen LogP contribution is -2.43. The molecule has 4 heteroatoms. The molecule has 0 saturated heterocycles. The third-order valence-electron chi connectivity index (χ3n) is 4.16. The molecule has 0 aliphatic carbocycles. The fourth-order valence-electron chi connectivity index (χ4n) is 2.71. The molecule has 0 atom stereocenters. The van der Waals surface area contributed by atoms with E-state index in [0.717, 1.165) is 22.4 Å². The van der Waals surface area contributed by atoms with Crippen LogP contribution in [0, 0.1) is 12.7 Å². The van der Waals surface area contributed by atoms with Gasteiger partial charge in [-0.2, -0.15) is 0 Å². The minimum absolute atomic E-state index is 0.277. The molecule has 2 aromatic rings. The molecular formula is C20H25FN2O. The Balaban J connectivity index is 2.18. The van der Waals surface area contributed by atoms with Gasteiger partial charge < -0.3 is 10.6 Å². The average Bonchev–Trinajstić information content (AvgIpc) is 2.49. The summed E-state index contributed by atoms with van der Waals surface area (Å²) in [4.78, 5) is 12.5. The summed E-state index contributed by atoms with van der Waals surface area (Å²) in [6.45, 7) is 9.95. The van der Waals surface area contributed by atoms with Crippen LogP contribution in [0.3, 0.4) is 0 Å². The maximum atomic E-state index is 13.1. The Morgan fingerprint density at radius 2 is 1.71 bits per heavy atom. The van der Waals surface area contributed by atoms with Crippen LogP contribution >= 0.6 is 0 Å². The molecule has 2 amide bonds. The maximum Gasteiger partial charge on any atom is 0.319 e. The van der Waals surface area contributed by atoms with Crippen molar-refractivity contribution in [1.82, 2.24) is 5.32 Å². The Hall–Kier alpha value is -2.36. The van der Waals surface area contributed by atoms with E-state index in [0.29, 0.717) is 5.92 Å². The number of hydrogen-bond acceptors (Lipinski definition) is 1. The predicted molar refractivity (Wildman–Crippen MR) is 96.8 cm³/mol. The molecule has 0 aromatic heterocycles. The number of carbonyl (C=O) groups excluding carboxylic acids is 1. The molecule has 2 aromatic carbocycles. The lowest BCUT2D eigenvalue weighted by molar-refractivity contribution is 0.242. The Labute approximate surface area is 143 Å². The van der Waals surface area contributed by atoms with Gasteiger partial charge in [0.15, 0.2) is 0 Å². The van der Waals surface area contributed by atoms with E-state index in [-0.39, 0.29) is 11.8 Å². The molecule has 24 heavy (non-hydrogen) atoms. The molecule has 0 saturated carbocycles. The van der Waals surface area contributed by atoms with Crippen LogP contribution in [0.1, 0.15) is 50.3 Å². The number of carbonyl (C=O) groups is 1. The molecule has 3 nitrogen and oxygen atoms in total. The van der Waals surface area contributed by atoms with Gasteiger partial charge in [-0.15, -0.1) is 0 Å². The van der Waals surface area contributed by atoms with Gasteiger partial charge in [0.2, 0.25) is 0 Å². The molecular weight excluding hydrogens is 303 g/mol. The van der Waals surface area contributed by atoms with E-state index in [1.165, 1.54) is 12.1 Å². The molecule has 0 spiro atoms. The smallest absolute Gasteiger partial charge is 0.319 e. The minimum atomic E-state index is -0.613. The van der Waals surface area contributed by atoms with E-state index in [1.54, 1.807) is 12.1 Å². The second-order valence-electron chi connectivity index (χ2n) is 6.90. The fraction of sp³-hybridized carbons (Fsp3) is 0.350. The highest BCUT2D eigenvalue weighted by Gasteiger charge is 2.23. The molecule has 0 bridgehead atoms. The van der Waals surface area contributed by atoms with Gasteiger partial charge in [-0.1, -0.05) is 44.2 Å². The van der Waals surface area contributed by atoms with Crippen LogP contribution in [0.4, 0.5) is 14.9 Å². The highest BCUT2D eigenvalue weighted by Crippen LogP contribution is 2.28. The van der Waals surface area contributed by atoms with Crippen LogP contribution < -0.4 is 10.6 Å². The third-order valence-corrected chi connectivity index (χ3v) is 4.16. The number of anilines is 1. The first kappa shape index (κ1) is 18.0. The molecule has 0 unspecified atom stereocenters. The van der Waals surface area contributed by atoms with Crippen molar-refractivity contribution in [2.75, 3.05) is 5.32 Å². The van der Waals surface area contributed by atoms with E-state index in [9.17, 15) is 9.18 Å². The monoisotopic (exact) mass is 328 g/mol. The molecule has 128 valence electrons. The fourth-order valence-corrected chi connectivity index (χ4v) is 2.71. The largest absolute Gasteiger partial charge is 0.329 e. The average molecular weight is 328 g/mol. The number of aryl methyl sites for hydroxylation is 1. The maximum absolute atomic E-state index is 13.1. The first-order valence-corrected chi connectivity index (χ1v) is 8.15. The molecule has 0 radical (unpaired) electrons. The van der Waals surface area contributed by atoms with Crippen LogP contribution in [-0.2, 0) is 5.54 Å². The SMILES string of the molecule is Cc1cccc(C(C)C)c1NC(=O)NC(C)(C)c1ccc(F)cc1. The van der Waals surface area contributed by atoms with Crippen molar-refractivity contribution in [3.8, 4) is 0 Å². The zero-order valence-electron chi connectivity index (χ0n) is 14.9.